The largest absolute Gasteiger partial charge is 0.508 e. The summed E-state index contributed by atoms with van der Waals surface area (Å²) in [4.78, 5) is 24.3. The van der Waals surface area contributed by atoms with Crippen molar-refractivity contribution in [1.82, 2.24) is 0 Å². The van der Waals surface area contributed by atoms with E-state index in [0.29, 0.717) is 5.56 Å². The number of esters is 1. The molecule has 0 fully saturated rings. The summed E-state index contributed by atoms with van der Waals surface area (Å²) < 4.78 is 11.4. The highest BCUT2D eigenvalue weighted by Gasteiger charge is 2.37. The fourth-order valence-electron chi connectivity index (χ4n) is 4.82. The summed E-state index contributed by atoms with van der Waals surface area (Å²) in [6, 6.07) is 26.5. The minimum absolute atomic E-state index is 0.0461. The van der Waals surface area contributed by atoms with Crippen LogP contribution in [0.25, 0.3) is 0 Å². The second kappa shape index (κ2) is 14.1. The van der Waals surface area contributed by atoms with Crippen LogP contribution in [0.4, 0.5) is 16.2 Å². The number of phenolic OH excluding ortho intramolecular Hbond substituents is 7. The number of carbonyl (C=O) groups is 2. The molecular formula is C35H30N2O11. The van der Waals surface area contributed by atoms with Crippen molar-refractivity contribution in [2.75, 3.05) is 10.6 Å². The van der Waals surface area contributed by atoms with Gasteiger partial charge in [0.05, 0.1) is 5.56 Å². The number of aromatic hydroxyl groups is 7. The normalized spacial score (nSPS) is 14.7. The van der Waals surface area contributed by atoms with Crippen molar-refractivity contribution in [3.05, 3.63) is 120 Å². The Bertz CT molecular complexity index is 1870. The number of carbonyl (C=O) groups excluding carboxylic acids is 2. The van der Waals surface area contributed by atoms with Gasteiger partial charge >= 0.3 is 12.0 Å². The summed E-state index contributed by atoms with van der Waals surface area (Å²) in [6.45, 7) is 0. The minimum Gasteiger partial charge on any atom is -0.508 e. The Morgan fingerprint density at radius 2 is 1.23 bits per heavy atom. The molecule has 0 bridgehead atoms. The van der Waals surface area contributed by atoms with Crippen LogP contribution >= 0.6 is 0 Å². The summed E-state index contributed by atoms with van der Waals surface area (Å²) in [6.07, 6.45) is -2.12. The Balaban J connectivity index is 0.000000236. The third-order valence-electron chi connectivity index (χ3n) is 7.12. The number of urea groups is 1. The lowest BCUT2D eigenvalue weighted by Crippen LogP contribution is -2.34. The predicted molar refractivity (Wildman–Crippen MR) is 173 cm³/mol. The lowest BCUT2D eigenvalue weighted by Gasteiger charge is -2.34. The molecule has 5 aromatic rings. The lowest BCUT2D eigenvalue weighted by atomic mass is 9.93. The van der Waals surface area contributed by atoms with Gasteiger partial charge in [0.25, 0.3) is 0 Å². The predicted octanol–water partition coefficient (Wildman–Crippen LogP) is 5.86. The van der Waals surface area contributed by atoms with Gasteiger partial charge in [-0.1, -0.05) is 42.5 Å². The average Bonchev–Trinajstić information content (AvgIpc) is 3.06. The molecule has 0 saturated heterocycles. The van der Waals surface area contributed by atoms with E-state index in [1.54, 1.807) is 0 Å². The standard InChI is InChI=1S/C22H18O10.C13H12N2O/c23-11-6-14(25)12-8-19(32-22(30)10-4-16(27)20(29)17(28)5-10)21(31-18(12)7-11)9-1-2-13(24)15(26)3-9;16-13(14-11-7-3-1-4-8-11)15-12-9-5-2-6-10-12/h1-7,19,21,23-29H,8H2;1-10H,(H2,14,15,16). The Morgan fingerprint density at radius 3 is 1.79 bits per heavy atom. The van der Waals surface area contributed by atoms with Gasteiger partial charge in [0, 0.05) is 41.1 Å². The number of benzene rings is 5. The SMILES string of the molecule is O=C(Nc1ccccc1)Nc1ccccc1.O=C(OC1Cc2c(O)cc(O)cc2OC1c1ccc(O)c(O)c1)c1cc(O)c(O)c(O)c1. The Kier molecular flexibility index (Phi) is 9.60. The van der Waals surface area contributed by atoms with Gasteiger partial charge in [-0.2, -0.15) is 0 Å². The number of nitrogens with one attached hydrogen (secondary N) is 2. The third kappa shape index (κ3) is 7.72. The summed E-state index contributed by atoms with van der Waals surface area (Å²) in [5.41, 5.74) is 1.87. The highest BCUT2D eigenvalue weighted by atomic mass is 16.6. The highest BCUT2D eigenvalue weighted by Crippen LogP contribution is 2.44. The Labute approximate surface area is 273 Å². The molecule has 1 aliphatic rings. The number of rotatable bonds is 5. The molecule has 246 valence electrons. The molecule has 1 aliphatic heterocycles. The summed E-state index contributed by atoms with van der Waals surface area (Å²) >= 11 is 0. The number of fused-ring (bicyclic) bond motifs is 1. The molecule has 5 aromatic carbocycles. The van der Waals surface area contributed by atoms with Crippen LogP contribution in [0.5, 0.6) is 46.0 Å². The van der Waals surface area contributed by atoms with Crippen LogP contribution in [0.2, 0.25) is 0 Å². The first-order valence-corrected chi connectivity index (χ1v) is 14.4. The number of anilines is 2. The topological polar surface area (TPSA) is 218 Å². The number of para-hydroxylation sites is 2. The first kappa shape index (κ1) is 32.6. The van der Waals surface area contributed by atoms with Crippen LogP contribution in [0, 0.1) is 0 Å². The number of hydrogen-bond acceptors (Lipinski definition) is 11. The highest BCUT2D eigenvalue weighted by molar-refractivity contribution is 5.99. The van der Waals surface area contributed by atoms with Gasteiger partial charge in [-0.3, -0.25) is 0 Å². The third-order valence-corrected chi connectivity index (χ3v) is 7.12. The van der Waals surface area contributed by atoms with Gasteiger partial charge in [0.1, 0.15) is 23.4 Å². The van der Waals surface area contributed by atoms with E-state index >= 15 is 0 Å². The van der Waals surface area contributed by atoms with Gasteiger partial charge in [-0.15, -0.1) is 0 Å². The fraction of sp³-hybridized carbons (Fsp3) is 0.0857. The summed E-state index contributed by atoms with van der Waals surface area (Å²) in [5.74, 6) is -4.43. The molecule has 48 heavy (non-hydrogen) atoms. The number of amides is 2. The van der Waals surface area contributed by atoms with Crippen LogP contribution in [-0.4, -0.2) is 53.9 Å². The van der Waals surface area contributed by atoms with Crippen molar-refractivity contribution in [1.29, 1.82) is 0 Å². The lowest BCUT2D eigenvalue weighted by molar-refractivity contribution is -0.0189. The smallest absolute Gasteiger partial charge is 0.338 e. The molecule has 0 spiro atoms. The maximum absolute atomic E-state index is 12.7. The average molecular weight is 655 g/mol. The van der Waals surface area contributed by atoms with E-state index in [1.165, 1.54) is 24.3 Å². The van der Waals surface area contributed by atoms with E-state index in [9.17, 15) is 45.3 Å². The molecule has 2 atom stereocenters. The molecule has 13 heteroatoms. The molecule has 9 N–H and O–H groups in total. The van der Waals surface area contributed by atoms with E-state index in [2.05, 4.69) is 10.6 Å². The second-order valence-electron chi connectivity index (χ2n) is 10.6. The molecule has 1 heterocycles. The van der Waals surface area contributed by atoms with Crippen molar-refractivity contribution >= 4 is 23.4 Å². The minimum atomic E-state index is -1.06. The van der Waals surface area contributed by atoms with Crippen LogP contribution in [0.1, 0.15) is 27.6 Å². The van der Waals surface area contributed by atoms with Crippen LogP contribution < -0.4 is 15.4 Å². The monoisotopic (exact) mass is 654 g/mol. The Hall–Kier alpha value is -6.76. The fourth-order valence-corrected chi connectivity index (χ4v) is 4.82. The van der Waals surface area contributed by atoms with Crippen molar-refractivity contribution < 1.29 is 54.8 Å². The molecule has 2 amide bonds. The molecule has 6 rings (SSSR count). The molecule has 0 aromatic heterocycles. The van der Waals surface area contributed by atoms with E-state index in [0.717, 1.165) is 29.6 Å². The first-order valence-electron chi connectivity index (χ1n) is 14.4. The van der Waals surface area contributed by atoms with Gasteiger partial charge < -0.3 is 55.9 Å². The summed E-state index contributed by atoms with van der Waals surface area (Å²) in [7, 11) is 0. The molecule has 13 nitrogen and oxygen atoms in total. The van der Waals surface area contributed by atoms with E-state index < -0.39 is 41.2 Å². The van der Waals surface area contributed by atoms with Gasteiger partial charge in [0.2, 0.25) is 0 Å². The quantitative estimate of drug-likeness (QED) is 0.0807. The van der Waals surface area contributed by atoms with E-state index in [1.807, 2.05) is 60.7 Å². The van der Waals surface area contributed by atoms with Crippen LogP contribution in [-0.2, 0) is 11.2 Å². The van der Waals surface area contributed by atoms with Crippen molar-refractivity contribution in [3.8, 4) is 46.0 Å². The van der Waals surface area contributed by atoms with Gasteiger partial charge in [0.15, 0.2) is 34.9 Å². The van der Waals surface area contributed by atoms with Crippen LogP contribution in [0.3, 0.4) is 0 Å². The number of hydrogen-bond donors (Lipinski definition) is 9. The van der Waals surface area contributed by atoms with Crippen molar-refractivity contribution in [2.45, 2.75) is 18.6 Å². The molecule has 0 radical (unpaired) electrons. The van der Waals surface area contributed by atoms with Crippen LogP contribution in [0.15, 0.2) is 103 Å². The molecule has 0 aliphatic carbocycles. The van der Waals surface area contributed by atoms with Crippen molar-refractivity contribution in [3.63, 3.8) is 0 Å². The maximum atomic E-state index is 12.7. The first-order chi connectivity index (χ1) is 23.0. The van der Waals surface area contributed by atoms with E-state index in [4.69, 9.17) is 9.47 Å². The Morgan fingerprint density at radius 1 is 0.646 bits per heavy atom. The van der Waals surface area contributed by atoms with Gasteiger partial charge in [-0.25, -0.2) is 9.59 Å². The zero-order chi connectivity index (χ0) is 34.4. The van der Waals surface area contributed by atoms with Crippen molar-refractivity contribution in [2.24, 2.45) is 0 Å². The molecule has 2 unspecified atom stereocenters. The second-order valence-corrected chi connectivity index (χ2v) is 10.6. The number of ether oxygens (including phenoxy) is 2. The molecule has 0 saturated carbocycles. The van der Waals surface area contributed by atoms with E-state index in [-0.39, 0.29) is 46.6 Å². The maximum Gasteiger partial charge on any atom is 0.338 e. The summed E-state index contributed by atoms with van der Waals surface area (Å²) in [5, 5.41) is 73.7. The van der Waals surface area contributed by atoms with Gasteiger partial charge in [-0.05, 0) is 48.5 Å². The number of phenols is 7. The zero-order valence-electron chi connectivity index (χ0n) is 24.9. The molecular weight excluding hydrogens is 624 g/mol. The zero-order valence-corrected chi connectivity index (χ0v) is 24.9.